The first-order valence-corrected chi connectivity index (χ1v) is 7.57. The SMILES string of the molecule is CC1CCC(C(=O)N2C[C@H]3C[C@H](C)O[C@H]3C2)CC1. The van der Waals surface area contributed by atoms with Crippen LogP contribution in [0.4, 0.5) is 0 Å². The van der Waals surface area contributed by atoms with Gasteiger partial charge in [-0.1, -0.05) is 6.92 Å². The number of hydrogen-bond acceptors (Lipinski definition) is 2. The second kappa shape index (κ2) is 4.84. The molecule has 0 radical (unpaired) electrons. The Labute approximate surface area is 110 Å². The highest BCUT2D eigenvalue weighted by atomic mass is 16.5. The number of rotatable bonds is 1. The lowest BCUT2D eigenvalue weighted by Gasteiger charge is -2.29. The molecule has 0 aromatic carbocycles. The molecule has 2 heterocycles. The molecule has 2 saturated heterocycles. The minimum atomic E-state index is 0.303. The lowest BCUT2D eigenvalue weighted by molar-refractivity contribution is -0.136. The summed E-state index contributed by atoms with van der Waals surface area (Å²) in [5.74, 6) is 2.13. The number of carbonyl (C=O) groups excluding carboxylic acids is 1. The Hall–Kier alpha value is -0.570. The van der Waals surface area contributed by atoms with Gasteiger partial charge in [-0.05, 0) is 44.9 Å². The Bertz CT molecular complexity index is 308. The first-order chi connectivity index (χ1) is 8.63. The fourth-order valence-corrected chi connectivity index (χ4v) is 3.95. The molecule has 0 aromatic heterocycles. The maximum atomic E-state index is 12.5. The quantitative estimate of drug-likeness (QED) is 0.716. The number of ether oxygens (including phenoxy) is 1. The summed E-state index contributed by atoms with van der Waals surface area (Å²) in [6.07, 6.45) is 6.51. The van der Waals surface area contributed by atoms with Gasteiger partial charge < -0.3 is 9.64 Å². The van der Waals surface area contributed by atoms with Crippen molar-refractivity contribution in [2.45, 2.75) is 58.2 Å². The van der Waals surface area contributed by atoms with Crippen molar-refractivity contribution in [1.29, 1.82) is 0 Å². The number of carbonyl (C=O) groups is 1. The predicted molar refractivity (Wildman–Crippen MR) is 70.1 cm³/mol. The minimum Gasteiger partial charge on any atom is -0.373 e. The van der Waals surface area contributed by atoms with Crippen molar-refractivity contribution in [3.63, 3.8) is 0 Å². The predicted octanol–water partition coefficient (Wildman–Crippen LogP) is 2.45. The van der Waals surface area contributed by atoms with Gasteiger partial charge in [0, 0.05) is 24.9 Å². The highest BCUT2D eigenvalue weighted by molar-refractivity contribution is 5.79. The van der Waals surface area contributed by atoms with Crippen LogP contribution in [0.2, 0.25) is 0 Å². The average Bonchev–Trinajstić information content (AvgIpc) is 2.86. The van der Waals surface area contributed by atoms with E-state index < -0.39 is 0 Å². The molecular weight excluding hydrogens is 226 g/mol. The highest BCUT2D eigenvalue weighted by Crippen LogP contribution is 2.35. The van der Waals surface area contributed by atoms with E-state index in [-0.39, 0.29) is 0 Å². The van der Waals surface area contributed by atoms with Crippen LogP contribution in [0.1, 0.15) is 46.0 Å². The van der Waals surface area contributed by atoms with Gasteiger partial charge in [-0.25, -0.2) is 0 Å². The Morgan fingerprint density at radius 3 is 2.50 bits per heavy atom. The van der Waals surface area contributed by atoms with Gasteiger partial charge >= 0.3 is 0 Å². The number of fused-ring (bicyclic) bond motifs is 1. The van der Waals surface area contributed by atoms with Gasteiger partial charge in [0.1, 0.15) is 0 Å². The van der Waals surface area contributed by atoms with E-state index in [0.29, 0.717) is 30.0 Å². The molecule has 0 bridgehead atoms. The van der Waals surface area contributed by atoms with Gasteiger partial charge in [-0.2, -0.15) is 0 Å². The summed E-state index contributed by atoms with van der Waals surface area (Å²) in [5.41, 5.74) is 0. The monoisotopic (exact) mass is 251 g/mol. The van der Waals surface area contributed by atoms with Crippen LogP contribution in [0.5, 0.6) is 0 Å². The molecule has 3 aliphatic rings. The van der Waals surface area contributed by atoms with Crippen LogP contribution in [0.25, 0.3) is 0 Å². The van der Waals surface area contributed by atoms with Crippen LogP contribution in [-0.2, 0) is 9.53 Å². The van der Waals surface area contributed by atoms with E-state index >= 15 is 0 Å². The largest absolute Gasteiger partial charge is 0.373 e. The summed E-state index contributed by atoms with van der Waals surface area (Å²) in [5, 5.41) is 0. The van der Waals surface area contributed by atoms with Crippen LogP contribution in [0.3, 0.4) is 0 Å². The second-order valence-electron chi connectivity index (χ2n) is 6.68. The van der Waals surface area contributed by atoms with Crippen LogP contribution in [0.15, 0.2) is 0 Å². The van der Waals surface area contributed by atoms with Crippen molar-refractivity contribution in [2.24, 2.45) is 17.8 Å². The molecule has 3 heteroatoms. The van der Waals surface area contributed by atoms with Gasteiger partial charge in [-0.3, -0.25) is 4.79 Å². The van der Waals surface area contributed by atoms with E-state index in [9.17, 15) is 4.79 Å². The normalized spacial score (nSPS) is 44.1. The van der Waals surface area contributed by atoms with Crippen LogP contribution in [-0.4, -0.2) is 36.1 Å². The van der Waals surface area contributed by atoms with Gasteiger partial charge in [0.25, 0.3) is 0 Å². The van der Waals surface area contributed by atoms with Crippen molar-refractivity contribution < 1.29 is 9.53 Å². The second-order valence-corrected chi connectivity index (χ2v) is 6.68. The minimum absolute atomic E-state index is 0.303. The fourth-order valence-electron chi connectivity index (χ4n) is 3.95. The molecule has 0 aromatic rings. The molecule has 0 N–H and O–H groups in total. The molecule has 1 amide bonds. The lowest BCUT2D eigenvalue weighted by atomic mass is 9.82. The molecule has 18 heavy (non-hydrogen) atoms. The van der Waals surface area contributed by atoms with Crippen LogP contribution >= 0.6 is 0 Å². The van der Waals surface area contributed by atoms with Crippen molar-refractivity contribution >= 4 is 5.91 Å². The summed E-state index contributed by atoms with van der Waals surface area (Å²) in [4.78, 5) is 14.6. The van der Waals surface area contributed by atoms with Crippen molar-refractivity contribution in [2.75, 3.05) is 13.1 Å². The Kier molecular flexibility index (Phi) is 3.35. The molecule has 0 spiro atoms. The van der Waals surface area contributed by atoms with Crippen LogP contribution in [0, 0.1) is 17.8 Å². The zero-order valence-electron chi connectivity index (χ0n) is 11.6. The van der Waals surface area contributed by atoms with Gasteiger partial charge in [-0.15, -0.1) is 0 Å². The zero-order valence-corrected chi connectivity index (χ0v) is 11.6. The third-order valence-electron chi connectivity index (χ3n) is 5.10. The first-order valence-electron chi connectivity index (χ1n) is 7.57. The molecule has 3 fully saturated rings. The maximum absolute atomic E-state index is 12.5. The molecule has 3 atom stereocenters. The first kappa shape index (κ1) is 12.5. The summed E-state index contributed by atoms with van der Waals surface area (Å²) in [6.45, 7) is 6.24. The lowest BCUT2D eigenvalue weighted by Crippen LogP contribution is -2.37. The van der Waals surface area contributed by atoms with E-state index in [2.05, 4.69) is 18.7 Å². The summed E-state index contributed by atoms with van der Waals surface area (Å²) < 4.78 is 5.88. The smallest absolute Gasteiger partial charge is 0.225 e. The number of nitrogens with zero attached hydrogens (tertiary/aromatic N) is 1. The topological polar surface area (TPSA) is 29.5 Å². The van der Waals surface area contributed by atoms with E-state index in [4.69, 9.17) is 4.74 Å². The van der Waals surface area contributed by atoms with Crippen molar-refractivity contribution in [1.82, 2.24) is 4.90 Å². The standard InChI is InChI=1S/C15H25NO2/c1-10-3-5-12(6-4-10)15(17)16-8-13-7-11(2)18-14(13)9-16/h10-14H,3-9H2,1-2H3/t10?,11-,12?,13+,14-/m0/s1. The van der Waals surface area contributed by atoms with Crippen molar-refractivity contribution in [3.8, 4) is 0 Å². The Morgan fingerprint density at radius 2 is 1.83 bits per heavy atom. The Balaban J connectivity index is 1.55. The van der Waals surface area contributed by atoms with Crippen molar-refractivity contribution in [3.05, 3.63) is 0 Å². The van der Waals surface area contributed by atoms with Gasteiger partial charge in [0.05, 0.1) is 12.2 Å². The van der Waals surface area contributed by atoms with E-state index in [0.717, 1.165) is 38.3 Å². The van der Waals surface area contributed by atoms with E-state index in [1.54, 1.807) is 0 Å². The van der Waals surface area contributed by atoms with Gasteiger partial charge in [0.2, 0.25) is 5.91 Å². The summed E-state index contributed by atoms with van der Waals surface area (Å²) in [7, 11) is 0. The molecule has 102 valence electrons. The third kappa shape index (κ3) is 2.29. The number of likely N-dealkylation sites (tertiary alicyclic amines) is 1. The molecule has 3 nitrogen and oxygen atoms in total. The Morgan fingerprint density at radius 1 is 1.11 bits per heavy atom. The molecule has 0 unspecified atom stereocenters. The maximum Gasteiger partial charge on any atom is 0.225 e. The molecular formula is C15H25NO2. The average molecular weight is 251 g/mol. The fraction of sp³-hybridized carbons (Fsp3) is 0.933. The summed E-state index contributed by atoms with van der Waals surface area (Å²) in [6, 6.07) is 0. The molecule has 1 aliphatic carbocycles. The molecule has 2 aliphatic heterocycles. The summed E-state index contributed by atoms with van der Waals surface area (Å²) >= 11 is 0. The molecule has 1 saturated carbocycles. The van der Waals surface area contributed by atoms with Gasteiger partial charge in [0.15, 0.2) is 0 Å². The highest BCUT2D eigenvalue weighted by Gasteiger charge is 2.43. The number of hydrogen-bond donors (Lipinski definition) is 0. The van der Waals surface area contributed by atoms with E-state index in [1.165, 1.54) is 12.8 Å². The zero-order chi connectivity index (χ0) is 12.7. The van der Waals surface area contributed by atoms with Crippen LogP contribution < -0.4 is 0 Å². The van der Waals surface area contributed by atoms with E-state index in [1.807, 2.05) is 0 Å². The number of amides is 1. The molecule has 3 rings (SSSR count). The third-order valence-corrected chi connectivity index (χ3v) is 5.10.